The number of likely N-dealkylation sites (tertiary alicyclic amines) is 1. The maximum Gasteiger partial charge on any atom is 0.274 e. The van der Waals surface area contributed by atoms with Crippen molar-refractivity contribution in [1.82, 2.24) is 20.2 Å². The lowest BCUT2D eigenvalue weighted by atomic mass is 9.93. The zero-order chi connectivity index (χ0) is 19.8. The molecule has 0 spiro atoms. The number of hydrogen-bond acceptors (Lipinski definition) is 5. The molecule has 0 bridgehead atoms. The Bertz CT molecular complexity index is 797. The van der Waals surface area contributed by atoms with Gasteiger partial charge in [-0.2, -0.15) is 0 Å². The minimum atomic E-state index is -0.0831. The Balaban J connectivity index is 1.43. The molecule has 2 amide bonds. The first-order valence-electron chi connectivity index (χ1n) is 9.60. The van der Waals surface area contributed by atoms with E-state index < -0.39 is 0 Å². The summed E-state index contributed by atoms with van der Waals surface area (Å²) in [5.41, 5.74) is 1.38. The molecule has 0 radical (unpaired) electrons. The number of piperidine rings is 1. The fourth-order valence-corrected chi connectivity index (χ4v) is 3.46. The van der Waals surface area contributed by atoms with Crippen molar-refractivity contribution in [3.8, 4) is 5.75 Å². The van der Waals surface area contributed by atoms with Gasteiger partial charge >= 0.3 is 0 Å². The van der Waals surface area contributed by atoms with Crippen molar-refractivity contribution in [3.05, 3.63) is 54.1 Å². The number of hydrogen-bond donors (Lipinski definition) is 1. The van der Waals surface area contributed by atoms with Crippen LogP contribution in [0, 0.1) is 5.92 Å². The summed E-state index contributed by atoms with van der Waals surface area (Å²) in [5, 5.41) is 2.96. The highest BCUT2D eigenvalue weighted by Gasteiger charge is 2.25. The van der Waals surface area contributed by atoms with Crippen LogP contribution >= 0.6 is 0 Å². The first-order valence-corrected chi connectivity index (χ1v) is 9.60. The van der Waals surface area contributed by atoms with Crippen molar-refractivity contribution < 1.29 is 14.3 Å². The van der Waals surface area contributed by atoms with Crippen molar-refractivity contribution in [1.29, 1.82) is 0 Å². The molecule has 1 aromatic carbocycles. The third-order valence-corrected chi connectivity index (χ3v) is 4.99. The molecule has 0 aliphatic carbocycles. The van der Waals surface area contributed by atoms with Gasteiger partial charge in [-0.3, -0.25) is 14.6 Å². The Morgan fingerprint density at radius 1 is 1.32 bits per heavy atom. The molecule has 0 saturated carbocycles. The van der Waals surface area contributed by atoms with Crippen molar-refractivity contribution in [2.75, 3.05) is 20.2 Å². The molecule has 1 aliphatic heterocycles. The predicted molar refractivity (Wildman–Crippen MR) is 105 cm³/mol. The van der Waals surface area contributed by atoms with Gasteiger partial charge in [0, 0.05) is 38.4 Å². The second-order valence-corrected chi connectivity index (χ2v) is 7.02. The molecule has 1 N–H and O–H groups in total. The third kappa shape index (κ3) is 5.52. The molecule has 3 rings (SSSR count). The van der Waals surface area contributed by atoms with E-state index in [0.29, 0.717) is 31.1 Å². The molecule has 1 aliphatic rings. The molecule has 0 unspecified atom stereocenters. The van der Waals surface area contributed by atoms with Crippen LogP contribution < -0.4 is 10.1 Å². The van der Waals surface area contributed by atoms with Crippen molar-refractivity contribution in [2.45, 2.75) is 32.2 Å². The van der Waals surface area contributed by atoms with Gasteiger partial charge in [0.15, 0.2) is 0 Å². The summed E-state index contributed by atoms with van der Waals surface area (Å²) in [6.07, 6.45) is 7.80. The molecule has 1 aromatic heterocycles. The minimum Gasteiger partial charge on any atom is -0.497 e. The Labute approximate surface area is 165 Å². The molecule has 1 saturated heterocycles. The summed E-state index contributed by atoms with van der Waals surface area (Å²) < 4.78 is 5.20. The van der Waals surface area contributed by atoms with Gasteiger partial charge < -0.3 is 15.0 Å². The second kappa shape index (κ2) is 9.82. The first kappa shape index (κ1) is 19.8. The average molecular weight is 382 g/mol. The van der Waals surface area contributed by atoms with E-state index >= 15 is 0 Å². The highest BCUT2D eigenvalue weighted by Crippen LogP contribution is 2.22. The molecule has 2 heterocycles. The number of amides is 2. The molecule has 148 valence electrons. The van der Waals surface area contributed by atoms with Gasteiger partial charge in [0.25, 0.3) is 5.91 Å². The zero-order valence-electron chi connectivity index (χ0n) is 16.1. The summed E-state index contributed by atoms with van der Waals surface area (Å²) in [6.45, 7) is 1.88. The van der Waals surface area contributed by atoms with Crippen molar-refractivity contribution >= 4 is 11.8 Å². The van der Waals surface area contributed by atoms with Crippen molar-refractivity contribution in [3.63, 3.8) is 0 Å². The van der Waals surface area contributed by atoms with E-state index in [1.165, 1.54) is 12.4 Å². The quantitative estimate of drug-likeness (QED) is 0.795. The Hall–Kier alpha value is -2.96. The number of rotatable bonds is 7. The smallest absolute Gasteiger partial charge is 0.274 e. The topological polar surface area (TPSA) is 84.4 Å². The number of ether oxygens (including phenoxy) is 1. The van der Waals surface area contributed by atoms with Crippen LogP contribution in [0.15, 0.2) is 42.9 Å². The van der Waals surface area contributed by atoms with E-state index in [2.05, 4.69) is 15.3 Å². The summed E-state index contributed by atoms with van der Waals surface area (Å²) in [4.78, 5) is 34.6. The highest BCUT2D eigenvalue weighted by atomic mass is 16.5. The average Bonchev–Trinajstić information content (AvgIpc) is 2.76. The maximum absolute atomic E-state index is 12.5. The number of methoxy groups -OCH3 is 1. The lowest BCUT2D eigenvalue weighted by Gasteiger charge is -2.32. The van der Waals surface area contributed by atoms with Crippen LogP contribution in [0.5, 0.6) is 5.75 Å². The largest absolute Gasteiger partial charge is 0.497 e. The van der Waals surface area contributed by atoms with E-state index in [1.807, 2.05) is 29.2 Å². The van der Waals surface area contributed by atoms with Gasteiger partial charge in [0.05, 0.1) is 13.3 Å². The van der Waals surface area contributed by atoms with Gasteiger partial charge in [-0.05, 0) is 42.9 Å². The summed E-state index contributed by atoms with van der Waals surface area (Å²) in [6, 6.07) is 7.66. The number of nitrogens with one attached hydrogen (secondary N) is 1. The lowest BCUT2D eigenvalue weighted by molar-refractivity contribution is -0.121. The monoisotopic (exact) mass is 382 g/mol. The van der Waals surface area contributed by atoms with Gasteiger partial charge in [-0.25, -0.2) is 4.98 Å². The van der Waals surface area contributed by atoms with E-state index in [-0.39, 0.29) is 11.8 Å². The molecular formula is C21H26N4O3. The molecule has 28 heavy (non-hydrogen) atoms. The molecular weight excluding hydrogens is 356 g/mol. The van der Waals surface area contributed by atoms with E-state index in [4.69, 9.17) is 4.74 Å². The van der Waals surface area contributed by atoms with Crippen LogP contribution in [0.4, 0.5) is 0 Å². The number of benzene rings is 1. The fraction of sp³-hybridized carbons (Fsp3) is 0.429. The lowest BCUT2D eigenvalue weighted by Crippen LogP contribution is -2.40. The Morgan fingerprint density at radius 3 is 3.00 bits per heavy atom. The van der Waals surface area contributed by atoms with Gasteiger partial charge in [0.2, 0.25) is 5.91 Å². The third-order valence-electron chi connectivity index (χ3n) is 4.99. The van der Waals surface area contributed by atoms with Gasteiger partial charge in [-0.1, -0.05) is 12.1 Å². The SMILES string of the molecule is COc1cccc(CNC(=O)CC[C@H]2CCCN(C(=O)c3cnccn3)C2)c1. The first-order chi connectivity index (χ1) is 13.7. The normalized spacial score (nSPS) is 16.5. The highest BCUT2D eigenvalue weighted by molar-refractivity contribution is 5.92. The van der Waals surface area contributed by atoms with Crippen LogP contribution in [-0.2, 0) is 11.3 Å². The van der Waals surface area contributed by atoms with E-state index in [1.54, 1.807) is 13.3 Å². The number of carbonyl (C=O) groups excluding carboxylic acids is 2. The molecule has 7 nitrogen and oxygen atoms in total. The van der Waals surface area contributed by atoms with Crippen LogP contribution in [0.25, 0.3) is 0 Å². The van der Waals surface area contributed by atoms with Crippen LogP contribution in [0.3, 0.4) is 0 Å². The second-order valence-electron chi connectivity index (χ2n) is 7.02. The number of nitrogens with zero attached hydrogens (tertiary/aromatic N) is 3. The zero-order valence-corrected chi connectivity index (χ0v) is 16.1. The maximum atomic E-state index is 12.5. The Kier molecular flexibility index (Phi) is 6.94. The fourth-order valence-electron chi connectivity index (χ4n) is 3.46. The molecule has 1 fully saturated rings. The predicted octanol–water partition coefficient (Wildman–Crippen LogP) is 2.43. The van der Waals surface area contributed by atoms with Crippen LogP contribution in [0.1, 0.15) is 41.7 Å². The Morgan fingerprint density at radius 2 is 2.21 bits per heavy atom. The number of aromatic nitrogens is 2. The van der Waals surface area contributed by atoms with E-state index in [9.17, 15) is 9.59 Å². The van der Waals surface area contributed by atoms with Gasteiger partial charge in [0.1, 0.15) is 11.4 Å². The van der Waals surface area contributed by atoms with Crippen molar-refractivity contribution in [2.24, 2.45) is 5.92 Å². The van der Waals surface area contributed by atoms with Gasteiger partial charge in [-0.15, -0.1) is 0 Å². The molecule has 7 heteroatoms. The number of carbonyl (C=O) groups is 2. The standard InChI is InChI=1S/C21H26N4O3/c1-28-18-6-2-4-17(12-18)13-24-20(26)8-7-16-5-3-11-25(15-16)21(27)19-14-22-9-10-23-19/h2,4,6,9-10,12,14,16H,3,5,7-8,11,13,15H2,1H3,(H,24,26)/t16-/m1/s1. The summed E-state index contributed by atoms with van der Waals surface area (Å²) in [5.74, 6) is 1.05. The van der Waals surface area contributed by atoms with Crippen LogP contribution in [-0.4, -0.2) is 46.9 Å². The summed E-state index contributed by atoms with van der Waals surface area (Å²) in [7, 11) is 1.63. The molecule has 1 atom stereocenters. The van der Waals surface area contributed by atoms with Crippen LogP contribution in [0.2, 0.25) is 0 Å². The summed E-state index contributed by atoms with van der Waals surface area (Å²) >= 11 is 0. The van der Waals surface area contributed by atoms with E-state index in [0.717, 1.165) is 37.1 Å². The minimum absolute atomic E-state index is 0.0280. The molecule has 2 aromatic rings.